The molecular formula is C18H22N2O3. The standard InChI is InChI=1S/C18H22N2O3/c1-4-20(15-6-5-11-19-13-15)18(21)10-8-14-7-9-16(22-2)17(12-14)23-3/h5-7,9,11-13H,4,8,10H2,1-3H3. The average Bonchev–Trinajstić information content (AvgIpc) is 2.61. The van der Waals surface area contributed by atoms with Crippen LogP contribution in [0.3, 0.4) is 0 Å². The van der Waals surface area contributed by atoms with E-state index in [0.29, 0.717) is 30.9 Å². The van der Waals surface area contributed by atoms with E-state index < -0.39 is 0 Å². The van der Waals surface area contributed by atoms with Crippen LogP contribution in [0.25, 0.3) is 0 Å². The number of carbonyl (C=O) groups is 1. The molecule has 0 aliphatic carbocycles. The molecule has 1 heterocycles. The number of methoxy groups -OCH3 is 2. The molecule has 1 aromatic heterocycles. The number of ether oxygens (including phenoxy) is 2. The molecule has 1 aromatic carbocycles. The van der Waals surface area contributed by atoms with E-state index in [1.165, 1.54) is 0 Å². The molecule has 0 spiro atoms. The maximum Gasteiger partial charge on any atom is 0.227 e. The van der Waals surface area contributed by atoms with E-state index in [-0.39, 0.29) is 5.91 Å². The maximum atomic E-state index is 12.5. The SMILES string of the molecule is CCN(C(=O)CCc1ccc(OC)c(OC)c1)c1cccnc1. The highest BCUT2D eigenvalue weighted by Crippen LogP contribution is 2.28. The summed E-state index contributed by atoms with van der Waals surface area (Å²) < 4.78 is 10.5. The van der Waals surface area contributed by atoms with Gasteiger partial charge in [-0.25, -0.2) is 0 Å². The summed E-state index contributed by atoms with van der Waals surface area (Å²) in [6, 6.07) is 9.45. The number of pyridine rings is 1. The van der Waals surface area contributed by atoms with Crippen LogP contribution in [0.5, 0.6) is 11.5 Å². The summed E-state index contributed by atoms with van der Waals surface area (Å²) in [7, 11) is 3.21. The number of amides is 1. The van der Waals surface area contributed by atoms with Gasteiger partial charge in [-0.1, -0.05) is 6.07 Å². The van der Waals surface area contributed by atoms with E-state index in [1.807, 2.05) is 37.3 Å². The predicted octanol–water partition coefficient (Wildman–Crippen LogP) is 3.08. The van der Waals surface area contributed by atoms with Crippen molar-refractivity contribution in [3.8, 4) is 11.5 Å². The summed E-state index contributed by atoms with van der Waals surface area (Å²) in [6.07, 6.45) is 4.48. The number of benzene rings is 1. The maximum absolute atomic E-state index is 12.5. The molecule has 0 N–H and O–H groups in total. The highest BCUT2D eigenvalue weighted by Gasteiger charge is 2.14. The minimum absolute atomic E-state index is 0.0790. The Morgan fingerprint density at radius 3 is 2.57 bits per heavy atom. The van der Waals surface area contributed by atoms with Gasteiger partial charge in [0.15, 0.2) is 11.5 Å². The molecule has 0 saturated carbocycles. The zero-order valence-electron chi connectivity index (χ0n) is 13.8. The van der Waals surface area contributed by atoms with Crippen LogP contribution in [0.15, 0.2) is 42.7 Å². The van der Waals surface area contributed by atoms with Crippen LogP contribution in [0.4, 0.5) is 5.69 Å². The van der Waals surface area contributed by atoms with Crippen LogP contribution in [-0.4, -0.2) is 31.7 Å². The Morgan fingerprint density at radius 1 is 1.17 bits per heavy atom. The molecule has 1 amide bonds. The van der Waals surface area contributed by atoms with Gasteiger partial charge in [0.2, 0.25) is 5.91 Å². The van der Waals surface area contributed by atoms with Gasteiger partial charge in [0.05, 0.1) is 26.1 Å². The normalized spacial score (nSPS) is 10.2. The van der Waals surface area contributed by atoms with Crippen molar-refractivity contribution in [3.05, 3.63) is 48.3 Å². The first-order valence-electron chi connectivity index (χ1n) is 7.60. The van der Waals surface area contributed by atoms with Gasteiger partial charge < -0.3 is 14.4 Å². The van der Waals surface area contributed by atoms with Crippen molar-refractivity contribution in [2.75, 3.05) is 25.7 Å². The summed E-state index contributed by atoms with van der Waals surface area (Å²) in [5.41, 5.74) is 1.87. The summed E-state index contributed by atoms with van der Waals surface area (Å²) in [6.45, 7) is 2.58. The molecule has 0 unspecified atom stereocenters. The summed E-state index contributed by atoms with van der Waals surface area (Å²) >= 11 is 0. The Morgan fingerprint density at radius 2 is 1.96 bits per heavy atom. The number of hydrogen-bond acceptors (Lipinski definition) is 4. The van der Waals surface area contributed by atoms with Crippen LogP contribution in [-0.2, 0) is 11.2 Å². The lowest BCUT2D eigenvalue weighted by atomic mass is 10.1. The molecule has 122 valence electrons. The molecular weight excluding hydrogens is 292 g/mol. The van der Waals surface area contributed by atoms with Gasteiger partial charge in [0.1, 0.15) is 0 Å². The van der Waals surface area contributed by atoms with Crippen molar-refractivity contribution in [2.45, 2.75) is 19.8 Å². The lowest BCUT2D eigenvalue weighted by Crippen LogP contribution is -2.30. The molecule has 0 fully saturated rings. The lowest BCUT2D eigenvalue weighted by Gasteiger charge is -2.20. The third-order valence-electron chi connectivity index (χ3n) is 3.65. The fraction of sp³-hybridized carbons (Fsp3) is 0.333. The number of aromatic nitrogens is 1. The van der Waals surface area contributed by atoms with Crippen LogP contribution >= 0.6 is 0 Å². The van der Waals surface area contributed by atoms with Crippen molar-refractivity contribution >= 4 is 11.6 Å². The van der Waals surface area contributed by atoms with Crippen molar-refractivity contribution in [1.82, 2.24) is 4.98 Å². The highest BCUT2D eigenvalue weighted by molar-refractivity contribution is 5.93. The van der Waals surface area contributed by atoms with Crippen LogP contribution in [0.2, 0.25) is 0 Å². The smallest absolute Gasteiger partial charge is 0.227 e. The van der Waals surface area contributed by atoms with E-state index in [4.69, 9.17) is 9.47 Å². The first kappa shape index (κ1) is 16.8. The second-order valence-corrected chi connectivity index (χ2v) is 5.04. The first-order valence-corrected chi connectivity index (χ1v) is 7.60. The molecule has 2 aromatic rings. The van der Waals surface area contributed by atoms with Crippen molar-refractivity contribution in [1.29, 1.82) is 0 Å². The van der Waals surface area contributed by atoms with E-state index in [9.17, 15) is 4.79 Å². The minimum Gasteiger partial charge on any atom is -0.493 e. The molecule has 2 rings (SSSR count). The summed E-state index contributed by atoms with van der Waals surface area (Å²) in [4.78, 5) is 18.3. The molecule has 0 atom stereocenters. The fourth-order valence-electron chi connectivity index (χ4n) is 2.44. The number of carbonyl (C=O) groups excluding carboxylic acids is 1. The van der Waals surface area contributed by atoms with E-state index in [1.54, 1.807) is 31.5 Å². The number of anilines is 1. The Labute approximate surface area is 136 Å². The van der Waals surface area contributed by atoms with Gasteiger partial charge in [-0.15, -0.1) is 0 Å². The van der Waals surface area contributed by atoms with Gasteiger partial charge in [-0.2, -0.15) is 0 Å². The van der Waals surface area contributed by atoms with Crippen molar-refractivity contribution < 1.29 is 14.3 Å². The number of aryl methyl sites for hydroxylation is 1. The Balaban J connectivity index is 2.03. The second kappa shape index (κ2) is 8.17. The number of nitrogens with zero attached hydrogens (tertiary/aromatic N) is 2. The monoisotopic (exact) mass is 314 g/mol. The van der Waals surface area contributed by atoms with Gasteiger partial charge in [-0.05, 0) is 43.2 Å². The molecule has 0 bridgehead atoms. The minimum atomic E-state index is 0.0790. The summed E-state index contributed by atoms with van der Waals surface area (Å²) in [5, 5.41) is 0. The highest BCUT2D eigenvalue weighted by atomic mass is 16.5. The zero-order chi connectivity index (χ0) is 16.7. The van der Waals surface area contributed by atoms with E-state index in [0.717, 1.165) is 11.3 Å². The number of rotatable bonds is 7. The van der Waals surface area contributed by atoms with Crippen molar-refractivity contribution in [3.63, 3.8) is 0 Å². The predicted molar refractivity (Wildman–Crippen MR) is 90.1 cm³/mol. The van der Waals surface area contributed by atoms with E-state index in [2.05, 4.69) is 4.98 Å². The molecule has 5 heteroatoms. The van der Waals surface area contributed by atoms with Crippen LogP contribution in [0.1, 0.15) is 18.9 Å². The number of hydrogen-bond donors (Lipinski definition) is 0. The largest absolute Gasteiger partial charge is 0.493 e. The van der Waals surface area contributed by atoms with Crippen LogP contribution < -0.4 is 14.4 Å². The Bertz CT molecular complexity index is 644. The Kier molecular flexibility index (Phi) is 5.97. The lowest BCUT2D eigenvalue weighted by molar-refractivity contribution is -0.118. The Hall–Kier alpha value is -2.56. The quantitative estimate of drug-likeness (QED) is 0.788. The second-order valence-electron chi connectivity index (χ2n) is 5.04. The molecule has 0 aliphatic rings. The molecule has 0 saturated heterocycles. The molecule has 23 heavy (non-hydrogen) atoms. The van der Waals surface area contributed by atoms with Crippen molar-refractivity contribution in [2.24, 2.45) is 0 Å². The summed E-state index contributed by atoms with van der Waals surface area (Å²) in [5.74, 6) is 1.44. The first-order chi connectivity index (χ1) is 11.2. The fourth-order valence-corrected chi connectivity index (χ4v) is 2.44. The third-order valence-corrected chi connectivity index (χ3v) is 3.65. The molecule has 0 radical (unpaired) electrons. The third kappa shape index (κ3) is 4.22. The zero-order valence-corrected chi connectivity index (χ0v) is 13.8. The molecule has 0 aliphatic heterocycles. The van der Waals surface area contributed by atoms with Gasteiger partial charge >= 0.3 is 0 Å². The van der Waals surface area contributed by atoms with Gasteiger partial charge in [0, 0.05) is 19.2 Å². The van der Waals surface area contributed by atoms with Gasteiger partial charge in [0.25, 0.3) is 0 Å². The van der Waals surface area contributed by atoms with E-state index >= 15 is 0 Å². The van der Waals surface area contributed by atoms with Gasteiger partial charge in [-0.3, -0.25) is 9.78 Å². The van der Waals surface area contributed by atoms with Crippen LogP contribution in [0, 0.1) is 0 Å². The molecule has 5 nitrogen and oxygen atoms in total. The average molecular weight is 314 g/mol. The topological polar surface area (TPSA) is 51.7 Å².